The van der Waals surface area contributed by atoms with E-state index >= 15 is 0 Å². The van der Waals surface area contributed by atoms with Crippen LogP contribution in [0.25, 0.3) is 0 Å². The maximum absolute atomic E-state index is 8.45. The third-order valence-electron chi connectivity index (χ3n) is 2.34. The lowest BCUT2D eigenvalue weighted by Gasteiger charge is -2.24. The van der Waals surface area contributed by atoms with Crippen LogP contribution >= 0.6 is 0 Å². The van der Waals surface area contributed by atoms with Crippen molar-refractivity contribution in [3.63, 3.8) is 0 Å². The molecule has 4 nitrogen and oxygen atoms in total. The largest absolute Gasteiger partial charge is 0.394 e. The summed E-state index contributed by atoms with van der Waals surface area (Å²) < 4.78 is 10.4. The van der Waals surface area contributed by atoms with Crippen molar-refractivity contribution in [2.45, 2.75) is 32.7 Å². The van der Waals surface area contributed by atoms with Gasteiger partial charge < -0.3 is 19.9 Å². The number of aliphatic hydroxyl groups is 1. The Morgan fingerprint density at radius 2 is 1.67 bits per heavy atom. The van der Waals surface area contributed by atoms with E-state index in [1.54, 1.807) is 0 Å². The predicted octanol–water partition coefficient (Wildman–Crippen LogP) is 0.790. The second kappa shape index (κ2) is 9.09. The van der Waals surface area contributed by atoms with Gasteiger partial charge in [0.2, 0.25) is 0 Å². The van der Waals surface area contributed by atoms with Crippen molar-refractivity contribution in [1.29, 1.82) is 0 Å². The lowest BCUT2D eigenvalue weighted by molar-refractivity contribution is 0.0328. The smallest absolute Gasteiger partial charge is 0.0701 e. The van der Waals surface area contributed by atoms with Crippen LogP contribution in [0.15, 0.2) is 0 Å². The molecule has 0 amide bonds. The van der Waals surface area contributed by atoms with Gasteiger partial charge in [-0.25, -0.2) is 0 Å². The molecule has 0 aromatic heterocycles. The molecular weight excluding hydrogens is 194 g/mol. The van der Waals surface area contributed by atoms with Crippen LogP contribution in [0.5, 0.6) is 0 Å². The number of rotatable bonds is 10. The van der Waals surface area contributed by atoms with Crippen molar-refractivity contribution in [3.05, 3.63) is 0 Å². The Labute approximate surface area is 93.0 Å². The zero-order chi connectivity index (χ0) is 11.6. The van der Waals surface area contributed by atoms with Crippen LogP contribution in [0.2, 0.25) is 0 Å². The Kier molecular flexibility index (Phi) is 9.00. The minimum atomic E-state index is 0.0756. The van der Waals surface area contributed by atoms with E-state index in [-0.39, 0.29) is 12.1 Å². The van der Waals surface area contributed by atoms with Crippen LogP contribution in [0.3, 0.4) is 0 Å². The molecule has 0 radical (unpaired) electrons. The second-order valence-corrected chi connectivity index (χ2v) is 4.11. The van der Waals surface area contributed by atoms with Gasteiger partial charge in [0.05, 0.1) is 33.0 Å². The normalized spacial score (nSPS) is 12.0. The topological polar surface area (TPSA) is 50.7 Å². The van der Waals surface area contributed by atoms with Crippen molar-refractivity contribution in [2.75, 3.05) is 39.6 Å². The average molecular weight is 219 g/mol. The monoisotopic (exact) mass is 219 g/mol. The summed E-state index contributed by atoms with van der Waals surface area (Å²) in [6.07, 6.45) is 1.10. The van der Waals surface area contributed by atoms with E-state index in [4.69, 9.17) is 14.6 Å². The van der Waals surface area contributed by atoms with Gasteiger partial charge in [0.15, 0.2) is 0 Å². The van der Waals surface area contributed by atoms with E-state index in [0.717, 1.165) is 13.0 Å². The Bertz CT molecular complexity index is 140. The van der Waals surface area contributed by atoms with E-state index in [2.05, 4.69) is 26.1 Å². The van der Waals surface area contributed by atoms with Crippen LogP contribution in [0.1, 0.15) is 27.2 Å². The number of hydrogen-bond acceptors (Lipinski definition) is 4. The Morgan fingerprint density at radius 1 is 1.07 bits per heavy atom. The molecule has 15 heavy (non-hydrogen) atoms. The van der Waals surface area contributed by atoms with E-state index in [1.807, 2.05) is 0 Å². The molecule has 0 aliphatic rings. The standard InChI is InChI=1S/C11H25NO3/c1-4-11(2,3)12-5-7-14-9-10-15-8-6-13/h12-13H,4-10H2,1-3H3. The third-order valence-corrected chi connectivity index (χ3v) is 2.34. The fraction of sp³-hybridized carbons (Fsp3) is 1.00. The summed E-state index contributed by atoms with van der Waals surface area (Å²) in [6.45, 7) is 9.70. The van der Waals surface area contributed by atoms with Gasteiger partial charge in [-0.05, 0) is 20.3 Å². The molecule has 0 aromatic rings. The molecule has 0 aromatic carbocycles. The fourth-order valence-electron chi connectivity index (χ4n) is 0.973. The zero-order valence-electron chi connectivity index (χ0n) is 10.2. The van der Waals surface area contributed by atoms with E-state index < -0.39 is 0 Å². The van der Waals surface area contributed by atoms with Crippen LogP contribution in [-0.2, 0) is 9.47 Å². The number of aliphatic hydroxyl groups excluding tert-OH is 1. The molecule has 0 saturated carbocycles. The summed E-state index contributed by atoms with van der Waals surface area (Å²) in [5, 5.41) is 11.9. The molecule has 0 spiro atoms. The average Bonchev–Trinajstić information content (AvgIpc) is 2.22. The van der Waals surface area contributed by atoms with Gasteiger partial charge in [-0.3, -0.25) is 0 Å². The fourth-order valence-corrected chi connectivity index (χ4v) is 0.973. The summed E-state index contributed by atoms with van der Waals surface area (Å²) in [4.78, 5) is 0. The minimum Gasteiger partial charge on any atom is -0.394 e. The van der Waals surface area contributed by atoms with Gasteiger partial charge in [0.1, 0.15) is 0 Å². The summed E-state index contributed by atoms with van der Waals surface area (Å²) in [5.74, 6) is 0. The third kappa shape index (κ3) is 10.1. The van der Waals surface area contributed by atoms with Gasteiger partial charge >= 0.3 is 0 Å². The predicted molar refractivity (Wildman–Crippen MR) is 61.1 cm³/mol. The lowest BCUT2D eigenvalue weighted by Crippen LogP contribution is -2.40. The molecule has 0 rings (SSSR count). The SMILES string of the molecule is CCC(C)(C)NCCOCCOCCO. The zero-order valence-corrected chi connectivity index (χ0v) is 10.2. The first kappa shape index (κ1) is 14.8. The van der Waals surface area contributed by atoms with Gasteiger partial charge in [0.25, 0.3) is 0 Å². The van der Waals surface area contributed by atoms with Crippen molar-refractivity contribution in [3.8, 4) is 0 Å². The molecule has 0 aliphatic heterocycles. The molecule has 0 bridgehead atoms. The number of hydrogen-bond donors (Lipinski definition) is 2. The summed E-state index contributed by atoms with van der Waals surface area (Å²) in [7, 11) is 0. The highest BCUT2D eigenvalue weighted by Gasteiger charge is 2.12. The highest BCUT2D eigenvalue weighted by atomic mass is 16.5. The van der Waals surface area contributed by atoms with E-state index in [9.17, 15) is 0 Å². The summed E-state index contributed by atoms with van der Waals surface area (Å²) >= 11 is 0. The first-order valence-electron chi connectivity index (χ1n) is 5.64. The first-order valence-corrected chi connectivity index (χ1v) is 5.64. The molecule has 0 heterocycles. The molecule has 0 unspecified atom stereocenters. The first-order chi connectivity index (χ1) is 7.12. The van der Waals surface area contributed by atoms with Gasteiger partial charge in [-0.15, -0.1) is 0 Å². The second-order valence-electron chi connectivity index (χ2n) is 4.11. The summed E-state index contributed by atoms with van der Waals surface area (Å²) in [6, 6.07) is 0. The van der Waals surface area contributed by atoms with E-state index in [0.29, 0.717) is 26.4 Å². The maximum atomic E-state index is 8.45. The molecule has 4 heteroatoms. The molecule has 0 fully saturated rings. The lowest BCUT2D eigenvalue weighted by atomic mass is 10.0. The highest BCUT2D eigenvalue weighted by molar-refractivity contribution is 4.74. The summed E-state index contributed by atoms with van der Waals surface area (Å²) in [5.41, 5.74) is 0.191. The Hall–Kier alpha value is -0.160. The van der Waals surface area contributed by atoms with Gasteiger partial charge in [-0.2, -0.15) is 0 Å². The minimum absolute atomic E-state index is 0.0756. The molecule has 92 valence electrons. The molecule has 0 atom stereocenters. The number of ether oxygens (including phenoxy) is 2. The van der Waals surface area contributed by atoms with Gasteiger partial charge in [0, 0.05) is 12.1 Å². The van der Waals surface area contributed by atoms with Crippen LogP contribution < -0.4 is 5.32 Å². The number of nitrogens with one attached hydrogen (secondary N) is 1. The molecular formula is C11H25NO3. The molecule has 0 aliphatic carbocycles. The van der Waals surface area contributed by atoms with Crippen LogP contribution in [-0.4, -0.2) is 50.2 Å². The quantitative estimate of drug-likeness (QED) is 0.533. The van der Waals surface area contributed by atoms with Crippen molar-refractivity contribution < 1.29 is 14.6 Å². The Balaban J connectivity index is 3.11. The van der Waals surface area contributed by atoms with Gasteiger partial charge in [-0.1, -0.05) is 6.92 Å². The molecule has 0 saturated heterocycles. The van der Waals surface area contributed by atoms with Crippen molar-refractivity contribution >= 4 is 0 Å². The van der Waals surface area contributed by atoms with Crippen LogP contribution in [0.4, 0.5) is 0 Å². The highest BCUT2D eigenvalue weighted by Crippen LogP contribution is 2.05. The van der Waals surface area contributed by atoms with Crippen molar-refractivity contribution in [1.82, 2.24) is 5.32 Å². The Morgan fingerprint density at radius 3 is 2.20 bits per heavy atom. The molecule has 2 N–H and O–H groups in total. The van der Waals surface area contributed by atoms with Crippen LogP contribution in [0, 0.1) is 0 Å². The maximum Gasteiger partial charge on any atom is 0.0701 e. The van der Waals surface area contributed by atoms with E-state index in [1.165, 1.54) is 0 Å². The van der Waals surface area contributed by atoms with Crippen molar-refractivity contribution in [2.24, 2.45) is 0 Å².